The van der Waals surface area contributed by atoms with Crippen LogP contribution in [-0.4, -0.2) is 65.7 Å². The van der Waals surface area contributed by atoms with Gasteiger partial charge >= 0.3 is 5.91 Å². The van der Waals surface area contributed by atoms with E-state index in [1.165, 1.54) is 4.31 Å². The molecule has 2 aliphatic heterocycles. The van der Waals surface area contributed by atoms with Gasteiger partial charge in [-0.3, -0.25) is 4.79 Å². The van der Waals surface area contributed by atoms with Gasteiger partial charge in [-0.25, -0.2) is 13.4 Å². The number of rotatable bonds is 3. The highest BCUT2D eigenvalue weighted by Crippen LogP contribution is 2.25. The van der Waals surface area contributed by atoms with Crippen LogP contribution in [0.2, 0.25) is 5.02 Å². The van der Waals surface area contributed by atoms with Gasteiger partial charge in [0.15, 0.2) is 0 Å². The van der Waals surface area contributed by atoms with E-state index in [2.05, 4.69) is 22.2 Å². The number of hydrogen-bond donors (Lipinski definition) is 2. The van der Waals surface area contributed by atoms with Crippen molar-refractivity contribution in [2.45, 2.75) is 31.0 Å². The predicted molar refractivity (Wildman–Crippen MR) is 114 cm³/mol. The quantitative estimate of drug-likeness (QED) is 0.614. The number of carbonyl (C=O) groups is 1. The number of nitrogens with zero attached hydrogens (tertiary/aromatic N) is 3. The molecular weight excluding hydrogens is 442 g/mol. The highest BCUT2D eigenvalue weighted by molar-refractivity contribution is 7.89. The van der Waals surface area contributed by atoms with Crippen molar-refractivity contribution in [2.75, 3.05) is 26.2 Å². The molecule has 1 unspecified atom stereocenters. The standard InChI is InChI=1S/C20H22ClN5O4S/c1-12-8-16-17(11-22-12)30-19(24-16)20(27)25-4-6-26(7-5-25)31(28,29)18-10-13-9-14(21)2-3-15(13)23-18/h2-3,9-10,12,22-23H,4-8,11H2,1H3. The van der Waals surface area contributed by atoms with Gasteiger partial charge in [-0.05, 0) is 31.2 Å². The Kier molecular flexibility index (Phi) is 5.04. The van der Waals surface area contributed by atoms with Gasteiger partial charge in [-0.15, -0.1) is 0 Å². The second-order valence-corrected chi connectivity index (χ2v) is 10.3. The third-order valence-electron chi connectivity index (χ3n) is 5.77. The van der Waals surface area contributed by atoms with E-state index in [0.29, 0.717) is 29.3 Å². The van der Waals surface area contributed by atoms with Crippen molar-refractivity contribution in [1.29, 1.82) is 0 Å². The van der Waals surface area contributed by atoms with Crippen molar-refractivity contribution in [3.8, 4) is 0 Å². The molecule has 2 aliphatic rings. The number of carbonyl (C=O) groups excluding carboxylic acids is 1. The second kappa shape index (κ2) is 7.63. The lowest BCUT2D eigenvalue weighted by Gasteiger charge is -2.33. The molecule has 0 aliphatic carbocycles. The molecule has 0 radical (unpaired) electrons. The summed E-state index contributed by atoms with van der Waals surface area (Å²) in [7, 11) is -3.71. The number of aromatic nitrogens is 2. The minimum Gasteiger partial charge on any atom is -0.436 e. The van der Waals surface area contributed by atoms with Crippen LogP contribution in [0.25, 0.3) is 10.9 Å². The third-order valence-corrected chi connectivity index (χ3v) is 7.83. The van der Waals surface area contributed by atoms with Gasteiger partial charge in [0.1, 0.15) is 10.8 Å². The molecule has 1 atom stereocenters. The largest absolute Gasteiger partial charge is 0.436 e. The number of aromatic amines is 1. The SMILES string of the molecule is CC1Cc2nc(C(=O)N3CCN(S(=O)(=O)c4cc5cc(Cl)ccc5[nH]4)CC3)oc2CN1. The monoisotopic (exact) mass is 463 g/mol. The molecule has 11 heteroatoms. The fourth-order valence-electron chi connectivity index (χ4n) is 4.02. The normalized spacial score (nSPS) is 20.2. The Morgan fingerprint density at radius 1 is 1.23 bits per heavy atom. The number of sulfonamides is 1. The van der Waals surface area contributed by atoms with Gasteiger partial charge in [-0.1, -0.05) is 11.6 Å². The van der Waals surface area contributed by atoms with Crippen molar-refractivity contribution in [1.82, 2.24) is 24.5 Å². The summed E-state index contributed by atoms with van der Waals surface area (Å²) in [5.41, 5.74) is 1.52. The lowest BCUT2D eigenvalue weighted by molar-refractivity contribution is 0.0655. The lowest BCUT2D eigenvalue weighted by Crippen LogP contribution is -2.50. The Balaban J connectivity index is 1.28. The summed E-state index contributed by atoms with van der Waals surface area (Å²) < 4.78 is 33.2. The van der Waals surface area contributed by atoms with Crippen LogP contribution in [0.15, 0.2) is 33.7 Å². The van der Waals surface area contributed by atoms with E-state index in [-0.39, 0.29) is 49.0 Å². The van der Waals surface area contributed by atoms with Gasteiger partial charge in [-0.2, -0.15) is 4.31 Å². The van der Waals surface area contributed by atoms with Crippen LogP contribution in [0.4, 0.5) is 0 Å². The van der Waals surface area contributed by atoms with E-state index in [0.717, 1.165) is 11.1 Å². The van der Waals surface area contributed by atoms with Crippen LogP contribution >= 0.6 is 11.6 Å². The van der Waals surface area contributed by atoms with E-state index in [9.17, 15) is 13.2 Å². The average molecular weight is 464 g/mol. The van der Waals surface area contributed by atoms with E-state index in [1.54, 1.807) is 29.2 Å². The van der Waals surface area contributed by atoms with Gasteiger partial charge in [0.05, 0.1) is 12.2 Å². The molecule has 1 amide bonds. The topological polar surface area (TPSA) is 112 Å². The van der Waals surface area contributed by atoms with Gasteiger partial charge in [0.2, 0.25) is 0 Å². The van der Waals surface area contributed by atoms with Crippen LogP contribution in [0.5, 0.6) is 0 Å². The number of nitrogens with one attached hydrogen (secondary N) is 2. The minimum atomic E-state index is -3.71. The molecule has 1 saturated heterocycles. The van der Waals surface area contributed by atoms with Crippen LogP contribution in [0, 0.1) is 0 Å². The first-order valence-corrected chi connectivity index (χ1v) is 11.9. The predicted octanol–water partition coefficient (Wildman–Crippen LogP) is 1.99. The molecule has 4 heterocycles. The molecule has 2 aromatic heterocycles. The molecular formula is C20H22ClN5O4S. The van der Waals surface area contributed by atoms with Crippen LogP contribution < -0.4 is 5.32 Å². The summed E-state index contributed by atoms with van der Waals surface area (Å²) in [6, 6.07) is 7.04. The van der Waals surface area contributed by atoms with Crippen molar-refractivity contribution in [3.63, 3.8) is 0 Å². The number of piperazine rings is 1. The van der Waals surface area contributed by atoms with E-state index in [4.69, 9.17) is 16.0 Å². The van der Waals surface area contributed by atoms with Crippen molar-refractivity contribution >= 4 is 38.4 Å². The maximum Gasteiger partial charge on any atom is 0.309 e. The van der Waals surface area contributed by atoms with Gasteiger partial charge in [0, 0.05) is 54.6 Å². The molecule has 2 N–H and O–H groups in total. The molecule has 9 nitrogen and oxygen atoms in total. The average Bonchev–Trinajstić information content (AvgIpc) is 3.37. The van der Waals surface area contributed by atoms with E-state index in [1.807, 2.05) is 0 Å². The number of hydrogen-bond acceptors (Lipinski definition) is 6. The molecule has 0 spiro atoms. The number of benzene rings is 1. The Morgan fingerprint density at radius 2 is 2.00 bits per heavy atom. The first-order chi connectivity index (χ1) is 14.8. The molecule has 1 aromatic carbocycles. The molecule has 31 heavy (non-hydrogen) atoms. The summed E-state index contributed by atoms with van der Waals surface area (Å²) in [6.45, 7) is 3.54. The number of H-pyrrole nitrogens is 1. The number of oxazole rings is 1. The van der Waals surface area contributed by atoms with Crippen molar-refractivity contribution < 1.29 is 17.6 Å². The molecule has 0 bridgehead atoms. The first-order valence-electron chi connectivity index (χ1n) is 10.1. The van der Waals surface area contributed by atoms with Gasteiger partial charge in [0.25, 0.3) is 15.9 Å². The summed E-state index contributed by atoms with van der Waals surface area (Å²) in [4.78, 5) is 21.8. The zero-order chi connectivity index (χ0) is 21.8. The fourth-order valence-corrected chi connectivity index (χ4v) is 5.64. The van der Waals surface area contributed by atoms with Crippen LogP contribution in [0.1, 0.15) is 29.1 Å². The Bertz CT molecular complexity index is 1260. The van der Waals surface area contributed by atoms with Crippen molar-refractivity contribution in [3.05, 3.63) is 46.6 Å². The number of amides is 1. The molecule has 0 saturated carbocycles. The summed E-state index contributed by atoms with van der Waals surface area (Å²) in [5.74, 6) is 0.464. The number of fused-ring (bicyclic) bond motifs is 2. The third kappa shape index (κ3) is 3.73. The fraction of sp³-hybridized carbons (Fsp3) is 0.400. The Morgan fingerprint density at radius 3 is 2.77 bits per heavy atom. The second-order valence-electron chi connectivity index (χ2n) is 7.94. The van der Waals surface area contributed by atoms with Crippen LogP contribution in [-0.2, 0) is 23.0 Å². The maximum atomic E-state index is 13.1. The van der Waals surface area contributed by atoms with Gasteiger partial charge < -0.3 is 19.6 Å². The maximum absolute atomic E-state index is 13.1. The van der Waals surface area contributed by atoms with E-state index < -0.39 is 10.0 Å². The minimum absolute atomic E-state index is 0.0738. The smallest absolute Gasteiger partial charge is 0.309 e. The molecule has 3 aromatic rings. The Hall–Kier alpha value is -2.40. The Labute approximate surface area is 184 Å². The van der Waals surface area contributed by atoms with Crippen molar-refractivity contribution in [2.24, 2.45) is 0 Å². The summed E-state index contributed by atoms with van der Waals surface area (Å²) in [5, 5.41) is 4.67. The first kappa shape index (κ1) is 20.5. The summed E-state index contributed by atoms with van der Waals surface area (Å²) in [6.07, 6.45) is 0.716. The number of halogens is 1. The summed E-state index contributed by atoms with van der Waals surface area (Å²) >= 11 is 6.00. The zero-order valence-corrected chi connectivity index (χ0v) is 18.5. The highest BCUT2D eigenvalue weighted by Gasteiger charge is 2.33. The highest BCUT2D eigenvalue weighted by atomic mass is 35.5. The molecule has 1 fully saturated rings. The molecule has 5 rings (SSSR count). The molecule has 164 valence electrons. The zero-order valence-electron chi connectivity index (χ0n) is 16.9. The van der Waals surface area contributed by atoms with Crippen LogP contribution in [0.3, 0.4) is 0 Å². The lowest BCUT2D eigenvalue weighted by atomic mass is 10.1. The van der Waals surface area contributed by atoms with E-state index >= 15 is 0 Å².